The molecule has 0 unspecified atom stereocenters. The van der Waals surface area contributed by atoms with Crippen molar-refractivity contribution in [3.63, 3.8) is 0 Å². The summed E-state index contributed by atoms with van der Waals surface area (Å²) >= 11 is 10.4. The summed E-state index contributed by atoms with van der Waals surface area (Å²) in [6, 6.07) is 11.7. The highest BCUT2D eigenvalue weighted by molar-refractivity contribution is 7.72. The normalized spacial score (nSPS) is 10.6. The molecule has 100 valence electrons. The van der Waals surface area contributed by atoms with Crippen LogP contribution >= 0.6 is 24.4 Å². The van der Waals surface area contributed by atoms with Gasteiger partial charge in [0.05, 0.1) is 18.9 Å². The summed E-state index contributed by atoms with van der Waals surface area (Å²) in [6.45, 7) is 0.526. The van der Waals surface area contributed by atoms with Crippen molar-refractivity contribution in [1.29, 1.82) is 0 Å². The zero-order chi connectivity index (χ0) is 13.7. The molecule has 19 heavy (non-hydrogen) atoms. The van der Waals surface area contributed by atoms with E-state index in [1.54, 1.807) is 0 Å². The average molecular weight is 294 g/mol. The lowest BCUT2D eigenvalue weighted by Gasteiger charge is -2.14. The van der Waals surface area contributed by atoms with Gasteiger partial charge in [-0.15, -0.1) is 0 Å². The minimum Gasteiger partial charge on any atom is -0.394 e. The number of ether oxygens (including phenoxy) is 1. The van der Waals surface area contributed by atoms with Crippen LogP contribution in [0.4, 0.5) is 0 Å². The number of H-pyrrole nitrogens is 1. The molecule has 0 aliphatic carbocycles. The van der Waals surface area contributed by atoms with Gasteiger partial charge in [0.1, 0.15) is 11.4 Å². The molecule has 1 aromatic heterocycles. The van der Waals surface area contributed by atoms with E-state index in [2.05, 4.69) is 4.98 Å². The second-order valence-corrected chi connectivity index (χ2v) is 4.71. The summed E-state index contributed by atoms with van der Waals surface area (Å²) in [5, 5.41) is 8.76. The van der Waals surface area contributed by atoms with Crippen LogP contribution in [0.25, 0.3) is 11.3 Å². The van der Waals surface area contributed by atoms with Gasteiger partial charge in [-0.25, -0.2) is 0 Å². The number of aromatic amines is 1. The Balaban J connectivity index is 2.46. The molecule has 0 atom stereocenters. The first kappa shape index (κ1) is 14.1. The van der Waals surface area contributed by atoms with Crippen molar-refractivity contribution >= 4 is 24.4 Å². The van der Waals surface area contributed by atoms with E-state index in [4.69, 9.17) is 34.3 Å². The van der Waals surface area contributed by atoms with Crippen molar-refractivity contribution in [2.75, 3.05) is 13.2 Å². The monoisotopic (exact) mass is 294 g/mol. The molecule has 4 nitrogen and oxygen atoms in total. The van der Waals surface area contributed by atoms with E-state index in [-0.39, 0.29) is 19.9 Å². The minimum absolute atomic E-state index is 0.0170. The maximum Gasteiger partial charge on any atom is 0.180 e. The third kappa shape index (κ3) is 3.57. The van der Waals surface area contributed by atoms with Crippen molar-refractivity contribution in [3.05, 3.63) is 45.8 Å². The zero-order valence-electron chi connectivity index (χ0n) is 10.2. The lowest BCUT2D eigenvalue weighted by Crippen LogP contribution is -2.11. The van der Waals surface area contributed by atoms with E-state index in [0.717, 1.165) is 11.3 Å². The molecule has 0 radical (unpaired) electrons. The van der Waals surface area contributed by atoms with E-state index < -0.39 is 0 Å². The van der Waals surface area contributed by atoms with Crippen LogP contribution in [0, 0.1) is 9.41 Å². The van der Waals surface area contributed by atoms with E-state index in [9.17, 15) is 0 Å². The Morgan fingerprint density at radius 1 is 1.21 bits per heavy atom. The molecule has 2 aromatic rings. The van der Waals surface area contributed by atoms with Gasteiger partial charge in [0, 0.05) is 0 Å². The van der Waals surface area contributed by atoms with Crippen molar-refractivity contribution in [3.8, 4) is 11.3 Å². The number of aliphatic hydroxyl groups excluding tert-OH is 1. The Morgan fingerprint density at radius 3 is 2.63 bits per heavy atom. The summed E-state index contributed by atoms with van der Waals surface area (Å²) in [5.41, 5.74) is 1.91. The van der Waals surface area contributed by atoms with Crippen LogP contribution in [0.1, 0.15) is 0 Å². The van der Waals surface area contributed by atoms with Gasteiger partial charge < -0.3 is 14.8 Å². The molecule has 0 saturated carbocycles. The Hall–Kier alpha value is -1.34. The fraction of sp³-hybridized carbons (Fsp3) is 0.231. The maximum atomic E-state index is 8.76. The first-order valence-corrected chi connectivity index (χ1v) is 6.62. The Morgan fingerprint density at radius 2 is 1.95 bits per heavy atom. The smallest absolute Gasteiger partial charge is 0.180 e. The SMILES string of the molecule is OCCOCn1c(-c2ccccc2)cc(=S)[nH]c1=S. The van der Waals surface area contributed by atoms with Gasteiger partial charge in [0.2, 0.25) is 0 Å². The first-order valence-electron chi connectivity index (χ1n) is 5.80. The van der Waals surface area contributed by atoms with Gasteiger partial charge in [-0.3, -0.25) is 4.57 Å². The average Bonchev–Trinajstić information content (AvgIpc) is 2.42. The predicted octanol–water partition coefficient (Wildman–Crippen LogP) is 2.91. The van der Waals surface area contributed by atoms with Crippen LogP contribution in [0.2, 0.25) is 0 Å². The molecule has 0 aliphatic rings. The molecule has 0 bridgehead atoms. The topological polar surface area (TPSA) is 50.2 Å². The highest BCUT2D eigenvalue weighted by Crippen LogP contribution is 2.19. The molecule has 2 rings (SSSR count). The maximum absolute atomic E-state index is 8.76. The fourth-order valence-corrected chi connectivity index (χ4v) is 2.25. The van der Waals surface area contributed by atoms with Crippen LogP contribution in [0.3, 0.4) is 0 Å². The van der Waals surface area contributed by atoms with Crippen molar-refractivity contribution in [2.24, 2.45) is 0 Å². The second kappa shape index (κ2) is 6.72. The molecule has 0 amide bonds. The van der Waals surface area contributed by atoms with Gasteiger partial charge >= 0.3 is 0 Å². The summed E-state index contributed by atoms with van der Waals surface area (Å²) in [4.78, 5) is 2.93. The van der Waals surface area contributed by atoms with Crippen LogP contribution in [0.5, 0.6) is 0 Å². The molecule has 0 spiro atoms. The summed E-state index contributed by atoms with van der Waals surface area (Å²) in [5.74, 6) is 0. The van der Waals surface area contributed by atoms with Gasteiger partial charge in [-0.05, 0) is 23.8 Å². The number of aliphatic hydroxyl groups is 1. The number of nitrogens with zero attached hydrogens (tertiary/aromatic N) is 1. The van der Waals surface area contributed by atoms with Gasteiger partial charge in [0.25, 0.3) is 0 Å². The third-order valence-electron chi connectivity index (χ3n) is 2.56. The molecule has 6 heteroatoms. The molecule has 0 saturated heterocycles. The zero-order valence-corrected chi connectivity index (χ0v) is 11.8. The van der Waals surface area contributed by atoms with E-state index in [1.165, 1.54) is 0 Å². The summed E-state index contributed by atoms with van der Waals surface area (Å²) < 4.78 is 8.25. The van der Waals surface area contributed by atoms with Crippen LogP contribution in [0.15, 0.2) is 36.4 Å². The predicted molar refractivity (Wildman–Crippen MR) is 78.9 cm³/mol. The molecule has 2 N–H and O–H groups in total. The molecule has 0 fully saturated rings. The number of hydrogen-bond acceptors (Lipinski definition) is 4. The van der Waals surface area contributed by atoms with Crippen molar-refractivity contribution < 1.29 is 9.84 Å². The number of benzene rings is 1. The lowest BCUT2D eigenvalue weighted by molar-refractivity contribution is 0.0475. The molecule has 1 aromatic carbocycles. The lowest BCUT2D eigenvalue weighted by atomic mass is 10.1. The van der Waals surface area contributed by atoms with Crippen LogP contribution in [-0.4, -0.2) is 27.9 Å². The van der Waals surface area contributed by atoms with Gasteiger partial charge in [-0.2, -0.15) is 0 Å². The minimum atomic E-state index is -0.0170. The number of rotatable bonds is 5. The Bertz CT molecular complexity index is 650. The first-order chi connectivity index (χ1) is 9.22. The number of hydrogen-bond donors (Lipinski definition) is 2. The van der Waals surface area contributed by atoms with E-state index in [0.29, 0.717) is 9.41 Å². The standard InChI is InChI=1S/C13H14N2O2S2/c16-6-7-17-9-15-11(8-12(18)14-13(15)19)10-4-2-1-3-5-10/h1-5,8,16H,6-7,9H2,(H,14,18,19). The summed E-state index contributed by atoms with van der Waals surface area (Å²) in [7, 11) is 0. The highest BCUT2D eigenvalue weighted by Gasteiger charge is 2.05. The fourth-order valence-electron chi connectivity index (χ4n) is 1.72. The quantitative estimate of drug-likeness (QED) is 0.657. The summed E-state index contributed by atoms with van der Waals surface area (Å²) in [6.07, 6.45) is 0. The number of nitrogens with one attached hydrogen (secondary N) is 1. The molecular weight excluding hydrogens is 280 g/mol. The van der Waals surface area contributed by atoms with Crippen molar-refractivity contribution in [2.45, 2.75) is 6.73 Å². The molecular formula is C13H14N2O2S2. The molecule has 1 heterocycles. The molecule has 0 aliphatic heterocycles. The Kier molecular flexibility index (Phi) is 4.98. The van der Waals surface area contributed by atoms with Crippen LogP contribution < -0.4 is 0 Å². The van der Waals surface area contributed by atoms with Gasteiger partial charge in [-0.1, -0.05) is 42.5 Å². The highest BCUT2D eigenvalue weighted by atomic mass is 32.1. The number of aromatic nitrogens is 2. The Labute approximate surface area is 121 Å². The largest absolute Gasteiger partial charge is 0.394 e. The van der Waals surface area contributed by atoms with Crippen molar-refractivity contribution in [1.82, 2.24) is 9.55 Å². The van der Waals surface area contributed by atoms with Crippen LogP contribution in [-0.2, 0) is 11.5 Å². The van der Waals surface area contributed by atoms with E-state index >= 15 is 0 Å². The third-order valence-corrected chi connectivity index (χ3v) is 3.10. The van der Waals surface area contributed by atoms with Gasteiger partial charge in [0.15, 0.2) is 4.77 Å². The second-order valence-electron chi connectivity index (χ2n) is 3.88. The van der Waals surface area contributed by atoms with E-state index in [1.807, 2.05) is 41.0 Å².